The highest BCUT2D eigenvalue weighted by atomic mass is 35.5. The van der Waals surface area contributed by atoms with Gasteiger partial charge in [-0.3, -0.25) is 4.79 Å². The van der Waals surface area contributed by atoms with Gasteiger partial charge in [0, 0.05) is 13.1 Å². The number of amides is 1. The summed E-state index contributed by atoms with van der Waals surface area (Å²) in [6, 6.07) is 12.4. The summed E-state index contributed by atoms with van der Waals surface area (Å²) in [6.45, 7) is 6.08. The van der Waals surface area contributed by atoms with E-state index in [-0.39, 0.29) is 24.2 Å². The smallest absolute Gasteiger partial charge is 0.229 e. The van der Waals surface area contributed by atoms with Gasteiger partial charge in [0.1, 0.15) is 5.75 Å². The van der Waals surface area contributed by atoms with E-state index in [2.05, 4.69) is 34.5 Å². The Hall–Kier alpha value is -1.78. The van der Waals surface area contributed by atoms with Crippen LogP contribution in [-0.4, -0.2) is 44.1 Å². The van der Waals surface area contributed by atoms with Gasteiger partial charge in [-0.15, -0.1) is 12.4 Å². The predicted molar refractivity (Wildman–Crippen MR) is 112 cm³/mol. The minimum atomic E-state index is -0.0995. The first-order valence-corrected chi connectivity index (χ1v) is 9.73. The van der Waals surface area contributed by atoms with Crippen molar-refractivity contribution in [2.75, 3.05) is 33.3 Å². The summed E-state index contributed by atoms with van der Waals surface area (Å²) in [5.41, 5.74) is 1.10. The average molecular weight is 389 g/mol. The summed E-state index contributed by atoms with van der Waals surface area (Å²) in [7, 11) is 1.68. The highest BCUT2D eigenvalue weighted by Crippen LogP contribution is 2.30. The number of nitrogens with one attached hydrogen (secondary N) is 1. The first-order valence-electron chi connectivity index (χ1n) is 9.73. The molecule has 1 N–H and O–H groups in total. The van der Waals surface area contributed by atoms with Crippen molar-refractivity contribution in [1.82, 2.24) is 10.2 Å². The quantitative estimate of drug-likeness (QED) is 0.868. The van der Waals surface area contributed by atoms with Crippen molar-refractivity contribution >= 4 is 29.1 Å². The minimum Gasteiger partial charge on any atom is -0.497 e. The minimum absolute atomic E-state index is 0. The molecule has 27 heavy (non-hydrogen) atoms. The van der Waals surface area contributed by atoms with Gasteiger partial charge in [0.05, 0.1) is 13.0 Å². The summed E-state index contributed by atoms with van der Waals surface area (Å²) in [5.74, 6) is 2.53. The monoisotopic (exact) mass is 388 g/mol. The molecule has 2 fully saturated rings. The Balaban J connectivity index is 0.00000210. The number of hydrogen-bond donors (Lipinski definition) is 1. The molecule has 3 atom stereocenters. The number of nitrogens with zero attached hydrogens (tertiary/aromatic N) is 1. The second-order valence-electron chi connectivity index (χ2n) is 7.78. The number of fused-ring (bicyclic) bond motifs is 2. The molecule has 0 aliphatic carbocycles. The molecule has 2 saturated heterocycles. The van der Waals surface area contributed by atoms with Crippen LogP contribution in [0.1, 0.15) is 31.2 Å². The maximum absolute atomic E-state index is 13.1. The second kappa shape index (κ2) is 8.49. The van der Waals surface area contributed by atoms with Gasteiger partial charge >= 0.3 is 0 Å². The van der Waals surface area contributed by atoms with E-state index in [1.165, 1.54) is 0 Å². The Bertz CT molecular complexity index is 796. The van der Waals surface area contributed by atoms with Crippen LogP contribution < -0.4 is 10.1 Å². The van der Waals surface area contributed by atoms with Gasteiger partial charge in [-0.2, -0.15) is 0 Å². The third kappa shape index (κ3) is 4.07. The van der Waals surface area contributed by atoms with Crippen molar-refractivity contribution in [2.24, 2.45) is 11.8 Å². The Kier molecular flexibility index (Phi) is 6.28. The maximum atomic E-state index is 13.1. The van der Waals surface area contributed by atoms with Gasteiger partial charge in [-0.1, -0.05) is 24.3 Å². The molecule has 4 rings (SSSR count). The van der Waals surface area contributed by atoms with Crippen LogP contribution >= 0.6 is 12.4 Å². The number of carbonyl (C=O) groups is 1. The van der Waals surface area contributed by atoms with Gasteiger partial charge in [0.25, 0.3) is 0 Å². The second-order valence-corrected chi connectivity index (χ2v) is 7.78. The van der Waals surface area contributed by atoms with Crippen LogP contribution in [0, 0.1) is 11.8 Å². The van der Waals surface area contributed by atoms with Gasteiger partial charge in [-0.05, 0) is 73.2 Å². The first kappa shape index (κ1) is 20.0. The molecule has 0 saturated carbocycles. The lowest BCUT2D eigenvalue weighted by atomic mass is 9.92. The lowest BCUT2D eigenvalue weighted by Crippen LogP contribution is -2.35. The van der Waals surface area contributed by atoms with Crippen LogP contribution in [0.5, 0.6) is 5.75 Å². The molecule has 0 spiro atoms. The number of benzene rings is 2. The molecule has 5 heteroatoms. The summed E-state index contributed by atoms with van der Waals surface area (Å²) in [4.78, 5) is 15.2. The van der Waals surface area contributed by atoms with E-state index in [1.807, 2.05) is 19.1 Å². The van der Waals surface area contributed by atoms with E-state index in [4.69, 9.17) is 4.74 Å². The maximum Gasteiger partial charge on any atom is 0.229 e. The SMILES string of the molecule is COc1ccc2cc(C(C)C(=O)N3CC[C@@H]4CNC[C@@H]4CC3)ccc2c1.Cl. The number of hydrogen-bond acceptors (Lipinski definition) is 3. The number of carbonyl (C=O) groups excluding carboxylic acids is 1. The van der Waals surface area contributed by atoms with Gasteiger partial charge in [-0.25, -0.2) is 0 Å². The normalized spacial score (nSPS) is 23.3. The Morgan fingerprint density at radius 2 is 1.70 bits per heavy atom. The van der Waals surface area contributed by atoms with Crippen LogP contribution in [-0.2, 0) is 4.79 Å². The molecule has 4 nitrogen and oxygen atoms in total. The zero-order valence-electron chi connectivity index (χ0n) is 16.1. The van der Waals surface area contributed by atoms with E-state index in [1.54, 1.807) is 7.11 Å². The number of likely N-dealkylation sites (tertiary alicyclic amines) is 1. The molecule has 1 unspecified atom stereocenters. The molecule has 1 amide bonds. The molecule has 2 aliphatic rings. The fraction of sp³-hybridized carbons (Fsp3) is 0.500. The predicted octanol–water partition coefficient (Wildman–Crippen LogP) is 3.83. The van der Waals surface area contributed by atoms with Crippen LogP contribution in [0.3, 0.4) is 0 Å². The molecule has 2 aromatic rings. The fourth-order valence-corrected chi connectivity index (χ4v) is 4.49. The van der Waals surface area contributed by atoms with E-state index in [0.29, 0.717) is 0 Å². The summed E-state index contributed by atoms with van der Waals surface area (Å²) >= 11 is 0. The number of methoxy groups -OCH3 is 1. The zero-order chi connectivity index (χ0) is 18.1. The van der Waals surface area contributed by atoms with Crippen LogP contribution in [0.2, 0.25) is 0 Å². The summed E-state index contributed by atoms with van der Waals surface area (Å²) < 4.78 is 5.30. The van der Waals surface area contributed by atoms with Crippen molar-refractivity contribution in [3.63, 3.8) is 0 Å². The van der Waals surface area contributed by atoms with E-state index >= 15 is 0 Å². The van der Waals surface area contributed by atoms with Gasteiger partial charge in [0.2, 0.25) is 5.91 Å². The summed E-state index contributed by atoms with van der Waals surface area (Å²) in [5, 5.41) is 5.79. The Morgan fingerprint density at radius 3 is 2.37 bits per heavy atom. The highest BCUT2D eigenvalue weighted by molar-refractivity contribution is 5.88. The highest BCUT2D eigenvalue weighted by Gasteiger charge is 2.32. The lowest BCUT2D eigenvalue weighted by Gasteiger charge is -2.25. The third-order valence-electron chi connectivity index (χ3n) is 6.27. The standard InChI is InChI=1S/C22H28N2O2.ClH/c1-15(16-3-4-18-12-21(26-2)6-5-17(18)11-16)22(25)24-9-7-19-13-23-14-20(19)8-10-24;/h3-6,11-12,15,19-20,23H,7-10,13-14H2,1-2H3;1H/t15?,19-,20+;. The Morgan fingerprint density at radius 1 is 1.07 bits per heavy atom. The van der Waals surface area contributed by atoms with E-state index in [0.717, 1.165) is 72.9 Å². The summed E-state index contributed by atoms with van der Waals surface area (Å²) in [6.07, 6.45) is 2.27. The molecular formula is C22H29ClN2O2. The molecule has 0 aromatic heterocycles. The molecule has 2 heterocycles. The zero-order valence-corrected chi connectivity index (χ0v) is 16.9. The van der Waals surface area contributed by atoms with Crippen molar-refractivity contribution < 1.29 is 9.53 Å². The van der Waals surface area contributed by atoms with Crippen LogP contribution in [0.25, 0.3) is 10.8 Å². The number of halogens is 1. The molecule has 146 valence electrons. The van der Waals surface area contributed by atoms with Crippen molar-refractivity contribution in [3.8, 4) is 5.75 Å². The molecule has 0 radical (unpaired) electrons. The topological polar surface area (TPSA) is 41.6 Å². The average Bonchev–Trinajstić information content (AvgIpc) is 3.04. The Labute approximate surface area is 167 Å². The van der Waals surface area contributed by atoms with Crippen LogP contribution in [0.15, 0.2) is 36.4 Å². The number of rotatable bonds is 3. The molecule has 2 aromatic carbocycles. The van der Waals surface area contributed by atoms with Gasteiger partial charge in [0.15, 0.2) is 0 Å². The largest absolute Gasteiger partial charge is 0.497 e. The first-order chi connectivity index (χ1) is 12.7. The van der Waals surface area contributed by atoms with Crippen molar-refractivity contribution in [1.29, 1.82) is 0 Å². The van der Waals surface area contributed by atoms with E-state index < -0.39 is 0 Å². The fourth-order valence-electron chi connectivity index (χ4n) is 4.49. The third-order valence-corrected chi connectivity index (χ3v) is 6.27. The van der Waals surface area contributed by atoms with Crippen molar-refractivity contribution in [2.45, 2.75) is 25.7 Å². The number of ether oxygens (including phenoxy) is 1. The van der Waals surface area contributed by atoms with Crippen molar-refractivity contribution in [3.05, 3.63) is 42.0 Å². The lowest BCUT2D eigenvalue weighted by molar-refractivity contribution is -0.132. The van der Waals surface area contributed by atoms with Crippen LogP contribution in [0.4, 0.5) is 0 Å². The molecule has 0 bridgehead atoms. The van der Waals surface area contributed by atoms with Gasteiger partial charge < -0.3 is 15.0 Å². The van der Waals surface area contributed by atoms with E-state index in [9.17, 15) is 4.79 Å². The molecular weight excluding hydrogens is 360 g/mol. The molecule has 2 aliphatic heterocycles.